The zero-order valence-corrected chi connectivity index (χ0v) is 19.2. The minimum Gasteiger partial charge on any atom is -0.244 e. The minimum absolute atomic E-state index is 0.893. The first-order valence-electron chi connectivity index (χ1n) is 12.0. The molecular formula is C32H18N4. The molecule has 0 saturated heterocycles. The molecule has 0 radical (unpaired) electrons. The average molecular weight is 459 g/mol. The molecule has 2 heterocycles. The van der Waals surface area contributed by atoms with Gasteiger partial charge in [-0.1, -0.05) is 72.8 Å². The van der Waals surface area contributed by atoms with Gasteiger partial charge in [-0.3, -0.25) is 0 Å². The lowest BCUT2D eigenvalue weighted by molar-refractivity contribution is 1.40. The molecule has 166 valence electrons. The second-order valence-corrected chi connectivity index (χ2v) is 9.10. The molecule has 0 N–H and O–H groups in total. The Kier molecular flexibility index (Phi) is 3.91. The van der Waals surface area contributed by atoms with Gasteiger partial charge < -0.3 is 0 Å². The van der Waals surface area contributed by atoms with Crippen molar-refractivity contribution in [3.05, 3.63) is 109 Å². The fourth-order valence-electron chi connectivity index (χ4n) is 5.36. The first kappa shape index (κ1) is 19.4. The van der Waals surface area contributed by atoms with Crippen LogP contribution in [0.3, 0.4) is 0 Å². The maximum atomic E-state index is 5.08. The van der Waals surface area contributed by atoms with E-state index in [1.54, 1.807) is 0 Å². The Labute approximate surface area is 205 Å². The van der Waals surface area contributed by atoms with E-state index in [0.29, 0.717) is 0 Å². The van der Waals surface area contributed by atoms with Gasteiger partial charge in [-0.2, -0.15) is 0 Å². The average Bonchev–Trinajstić information content (AvgIpc) is 2.94. The predicted molar refractivity (Wildman–Crippen MR) is 148 cm³/mol. The van der Waals surface area contributed by atoms with Crippen molar-refractivity contribution in [2.24, 2.45) is 0 Å². The summed E-state index contributed by atoms with van der Waals surface area (Å²) in [6, 6.07) is 37.4. The second-order valence-electron chi connectivity index (χ2n) is 9.10. The van der Waals surface area contributed by atoms with Crippen molar-refractivity contribution in [1.82, 2.24) is 19.9 Å². The molecule has 0 aliphatic rings. The summed E-state index contributed by atoms with van der Waals surface area (Å²) in [5.41, 5.74) is 9.45. The van der Waals surface area contributed by atoms with Crippen LogP contribution in [-0.2, 0) is 0 Å². The molecule has 8 aromatic rings. The van der Waals surface area contributed by atoms with Crippen LogP contribution in [0.15, 0.2) is 109 Å². The van der Waals surface area contributed by atoms with Gasteiger partial charge in [-0.25, -0.2) is 19.9 Å². The van der Waals surface area contributed by atoms with Crippen LogP contribution in [0.1, 0.15) is 0 Å². The number of rotatable bonds is 1. The van der Waals surface area contributed by atoms with E-state index in [4.69, 9.17) is 19.9 Å². The van der Waals surface area contributed by atoms with Crippen LogP contribution in [0.5, 0.6) is 0 Å². The Morgan fingerprint density at radius 2 is 0.722 bits per heavy atom. The summed E-state index contributed by atoms with van der Waals surface area (Å²) in [6.07, 6.45) is 0. The Morgan fingerprint density at radius 3 is 1.17 bits per heavy atom. The van der Waals surface area contributed by atoms with Crippen LogP contribution < -0.4 is 0 Å². The van der Waals surface area contributed by atoms with Gasteiger partial charge in [0.05, 0.1) is 44.1 Å². The maximum Gasteiger partial charge on any atom is 0.0979 e. The molecule has 0 spiro atoms. The number of para-hydroxylation sites is 4. The van der Waals surface area contributed by atoms with Gasteiger partial charge in [0.25, 0.3) is 0 Å². The quantitative estimate of drug-likeness (QED) is 0.186. The zero-order chi connectivity index (χ0) is 23.6. The molecule has 2 aromatic heterocycles. The molecule has 8 rings (SSSR count). The van der Waals surface area contributed by atoms with Crippen LogP contribution in [0.4, 0.5) is 0 Å². The van der Waals surface area contributed by atoms with Crippen molar-refractivity contribution in [1.29, 1.82) is 0 Å². The summed E-state index contributed by atoms with van der Waals surface area (Å²) in [5, 5.41) is 4.48. The number of benzene rings is 6. The van der Waals surface area contributed by atoms with Gasteiger partial charge >= 0.3 is 0 Å². The second kappa shape index (κ2) is 7.27. The van der Waals surface area contributed by atoms with Crippen LogP contribution in [0.25, 0.3) is 76.8 Å². The number of aromatic nitrogens is 4. The molecule has 6 aromatic carbocycles. The van der Waals surface area contributed by atoms with E-state index in [9.17, 15) is 0 Å². The van der Waals surface area contributed by atoms with Crippen molar-refractivity contribution in [3.8, 4) is 11.1 Å². The van der Waals surface area contributed by atoms with E-state index in [2.05, 4.69) is 60.7 Å². The topological polar surface area (TPSA) is 51.6 Å². The summed E-state index contributed by atoms with van der Waals surface area (Å²) in [4.78, 5) is 20.0. The highest BCUT2D eigenvalue weighted by Gasteiger charge is 2.15. The fraction of sp³-hybridized carbons (Fsp3) is 0. The lowest BCUT2D eigenvalue weighted by Crippen LogP contribution is -1.93. The van der Waals surface area contributed by atoms with E-state index < -0.39 is 0 Å². The SMILES string of the molecule is c1cc(-c2cccc3ccc4nc5ccccc5nc4c23)c2c(c1)ccc1nc3ccccc3nc12. The summed E-state index contributed by atoms with van der Waals surface area (Å²) in [5.74, 6) is 0. The van der Waals surface area contributed by atoms with Crippen LogP contribution in [-0.4, -0.2) is 19.9 Å². The molecular weight excluding hydrogens is 440 g/mol. The van der Waals surface area contributed by atoms with Crippen molar-refractivity contribution < 1.29 is 0 Å². The number of nitrogens with zero attached hydrogens (tertiary/aromatic N) is 4. The molecule has 0 fully saturated rings. The van der Waals surface area contributed by atoms with Gasteiger partial charge in [0.1, 0.15) is 0 Å². The monoisotopic (exact) mass is 458 g/mol. The summed E-state index contributed by atoms with van der Waals surface area (Å²) < 4.78 is 0. The zero-order valence-electron chi connectivity index (χ0n) is 19.2. The van der Waals surface area contributed by atoms with Gasteiger partial charge in [-0.15, -0.1) is 0 Å². The van der Waals surface area contributed by atoms with Crippen LogP contribution >= 0.6 is 0 Å². The molecule has 0 aliphatic carbocycles. The molecule has 0 atom stereocenters. The summed E-state index contributed by atoms with van der Waals surface area (Å²) >= 11 is 0. The molecule has 0 saturated carbocycles. The van der Waals surface area contributed by atoms with E-state index in [0.717, 1.165) is 76.8 Å². The Hall–Kier alpha value is -4.96. The number of hydrogen-bond donors (Lipinski definition) is 0. The molecule has 0 bridgehead atoms. The third kappa shape index (κ3) is 2.75. The molecule has 0 amide bonds. The lowest BCUT2D eigenvalue weighted by atomic mass is 9.92. The van der Waals surface area contributed by atoms with Crippen LogP contribution in [0.2, 0.25) is 0 Å². The smallest absolute Gasteiger partial charge is 0.0979 e. The first-order chi connectivity index (χ1) is 17.8. The Bertz CT molecular complexity index is 2010. The standard InChI is InChI=1S/C32H18N4/c1-3-13-25-23(11-1)33-27-17-15-19-7-5-9-21(29(19)31(27)35-25)22-10-6-8-20-16-18-28-32(30(20)22)36-26-14-4-2-12-24(26)34-28/h1-18H. The van der Waals surface area contributed by atoms with Gasteiger partial charge in [-0.05, 0) is 58.3 Å². The van der Waals surface area contributed by atoms with Gasteiger partial charge in [0, 0.05) is 10.8 Å². The number of fused-ring (bicyclic) bond motifs is 8. The predicted octanol–water partition coefficient (Wildman–Crippen LogP) is 7.85. The molecule has 0 unspecified atom stereocenters. The van der Waals surface area contributed by atoms with Crippen molar-refractivity contribution in [2.75, 3.05) is 0 Å². The highest BCUT2D eigenvalue weighted by molar-refractivity contribution is 6.19. The Balaban J connectivity index is 1.54. The highest BCUT2D eigenvalue weighted by atomic mass is 14.8. The van der Waals surface area contributed by atoms with E-state index in [1.807, 2.05) is 48.5 Å². The maximum absolute atomic E-state index is 5.08. The molecule has 0 aliphatic heterocycles. The molecule has 4 heteroatoms. The number of hydrogen-bond acceptors (Lipinski definition) is 4. The van der Waals surface area contributed by atoms with Crippen molar-refractivity contribution in [3.63, 3.8) is 0 Å². The van der Waals surface area contributed by atoms with E-state index in [1.165, 1.54) is 0 Å². The summed E-state index contributed by atoms with van der Waals surface area (Å²) in [6.45, 7) is 0. The normalized spacial score (nSPS) is 11.9. The van der Waals surface area contributed by atoms with Gasteiger partial charge in [0.2, 0.25) is 0 Å². The Morgan fingerprint density at radius 1 is 0.306 bits per heavy atom. The largest absolute Gasteiger partial charge is 0.244 e. The highest BCUT2D eigenvalue weighted by Crippen LogP contribution is 2.39. The van der Waals surface area contributed by atoms with Gasteiger partial charge in [0.15, 0.2) is 0 Å². The first-order valence-corrected chi connectivity index (χ1v) is 12.0. The summed E-state index contributed by atoms with van der Waals surface area (Å²) in [7, 11) is 0. The third-order valence-electron chi connectivity index (χ3n) is 6.99. The van der Waals surface area contributed by atoms with Crippen molar-refractivity contribution in [2.45, 2.75) is 0 Å². The third-order valence-corrected chi connectivity index (χ3v) is 6.99. The minimum atomic E-state index is 0.893. The van der Waals surface area contributed by atoms with Crippen molar-refractivity contribution >= 4 is 65.7 Å². The molecule has 4 nitrogen and oxygen atoms in total. The fourth-order valence-corrected chi connectivity index (χ4v) is 5.36. The van der Waals surface area contributed by atoms with E-state index >= 15 is 0 Å². The van der Waals surface area contributed by atoms with E-state index in [-0.39, 0.29) is 0 Å². The molecule has 36 heavy (non-hydrogen) atoms. The lowest BCUT2D eigenvalue weighted by Gasteiger charge is -2.14. The van der Waals surface area contributed by atoms with Crippen LogP contribution in [0, 0.1) is 0 Å².